The van der Waals surface area contributed by atoms with E-state index in [0.29, 0.717) is 69.8 Å². The fourth-order valence-corrected chi connectivity index (χ4v) is 12.1. The summed E-state index contributed by atoms with van der Waals surface area (Å²) < 4.78 is 29.9. The number of carbonyl (C=O) groups excluding carboxylic acids is 5. The standard InChI is InChI=1S/C57H86N2O14/c1-33-26-37(5)51(62)53(70-10)52(63)38(6)27-34(2)47(61)32-49(35(3)28-40-20-24-46(60)50(30-40)69-9)71-56(66)45-18-14-15-25-58(45)55(65)54(64)57(67)39(7)19-21-42(72-57)31-48(68-8)36(4)29-43-22-23-44(33)59(73-43)41-16-12-11-13-17-41/h11-13,16-17,27,29,33-35,37,39-40,42-46,48-50,52-53,60,63,67H,14-15,18-26,28,30-32H2,1-10H3/b36-29?,38-27+/t33-,34+,35+,37+,39+,40-,42-,43+,44?,45?,46+,48-,49-,50+,52+,53-,57+/m0/s1. The van der Waals surface area contributed by atoms with Gasteiger partial charge in [0.2, 0.25) is 5.79 Å². The Balaban J connectivity index is 1.34. The second-order valence-corrected chi connectivity index (χ2v) is 22.3. The molecule has 0 radical (unpaired) electrons. The minimum atomic E-state index is -2.46. The van der Waals surface area contributed by atoms with E-state index in [2.05, 4.69) is 6.92 Å². The normalized spacial score (nSPS) is 38.8. The van der Waals surface area contributed by atoms with Crippen molar-refractivity contribution in [3.05, 3.63) is 53.6 Å². The van der Waals surface area contributed by atoms with Crippen molar-refractivity contribution in [3.63, 3.8) is 0 Å². The Labute approximate surface area is 433 Å². The van der Waals surface area contributed by atoms with E-state index in [-0.39, 0.29) is 73.4 Å². The van der Waals surface area contributed by atoms with Crippen molar-refractivity contribution >= 4 is 34.9 Å². The average Bonchev–Trinajstić information content (AvgIpc) is 3.38. The van der Waals surface area contributed by atoms with E-state index in [4.69, 9.17) is 28.5 Å². The topological polar surface area (TPSA) is 208 Å². The van der Waals surface area contributed by atoms with Crippen LogP contribution in [-0.2, 0) is 52.5 Å². The number of methoxy groups -OCH3 is 3. The summed E-state index contributed by atoms with van der Waals surface area (Å²) in [4.78, 5) is 79.9. The summed E-state index contributed by atoms with van der Waals surface area (Å²) in [5, 5.41) is 36.3. The van der Waals surface area contributed by atoms with Gasteiger partial charge in [-0.1, -0.05) is 65.0 Å². The fraction of sp³-hybridized carbons (Fsp3) is 0.737. The Hall–Kier alpha value is -3.87. The lowest BCUT2D eigenvalue weighted by Crippen LogP contribution is -2.61. The highest BCUT2D eigenvalue weighted by Crippen LogP contribution is 2.39. The smallest absolute Gasteiger partial charge is 0.329 e. The number of amides is 1. The maximum absolute atomic E-state index is 14.5. The number of ketones is 3. The van der Waals surface area contributed by atoms with Gasteiger partial charge in [0.1, 0.15) is 36.2 Å². The van der Waals surface area contributed by atoms with Crippen LogP contribution >= 0.6 is 0 Å². The molecule has 73 heavy (non-hydrogen) atoms. The number of Topliss-reactive ketones (excluding diaryl/α,β-unsaturated/α-hetero) is 3. The third-order valence-corrected chi connectivity index (χ3v) is 16.9. The number of anilines is 1. The number of hydrogen-bond donors (Lipinski definition) is 3. The number of benzene rings is 1. The number of esters is 1. The number of nitrogens with zero attached hydrogens (tertiary/aromatic N) is 2. The Morgan fingerprint density at radius 2 is 1.53 bits per heavy atom. The molecule has 1 aliphatic carbocycles. The van der Waals surface area contributed by atoms with Gasteiger partial charge in [-0.25, -0.2) is 4.79 Å². The lowest BCUT2D eigenvalue weighted by molar-refractivity contribution is -0.265. The van der Waals surface area contributed by atoms with E-state index in [1.165, 1.54) is 12.0 Å². The Morgan fingerprint density at radius 3 is 2.22 bits per heavy atom. The number of fused-ring (bicyclic) bond motifs is 17. The number of allylic oxidation sites excluding steroid dienone is 1. The van der Waals surface area contributed by atoms with Gasteiger partial charge in [-0.05, 0) is 132 Å². The highest BCUT2D eigenvalue weighted by Gasteiger charge is 2.53. The maximum Gasteiger partial charge on any atom is 0.329 e. The molecule has 4 fully saturated rings. The lowest BCUT2D eigenvalue weighted by Gasteiger charge is -2.43. The van der Waals surface area contributed by atoms with Crippen LogP contribution < -0.4 is 5.06 Å². The Kier molecular flexibility index (Phi) is 21.0. The molecule has 17 atom stereocenters. The van der Waals surface area contributed by atoms with Crippen molar-refractivity contribution in [2.75, 3.05) is 32.9 Å². The van der Waals surface area contributed by atoms with Gasteiger partial charge < -0.3 is 43.9 Å². The largest absolute Gasteiger partial charge is 0.460 e. The molecule has 5 heterocycles. The van der Waals surface area contributed by atoms with E-state index in [9.17, 15) is 39.3 Å². The van der Waals surface area contributed by atoms with Crippen LogP contribution in [0, 0.1) is 35.5 Å². The van der Waals surface area contributed by atoms with Crippen molar-refractivity contribution in [1.29, 1.82) is 0 Å². The highest BCUT2D eigenvalue weighted by molar-refractivity contribution is 6.39. The first-order valence-electron chi connectivity index (χ1n) is 27.1. The molecule has 4 bridgehead atoms. The van der Waals surface area contributed by atoms with Gasteiger partial charge in [0.05, 0.1) is 36.1 Å². The average molecular weight is 1020 g/mol. The number of aliphatic hydroxyl groups excluding tert-OH is 2. The summed E-state index contributed by atoms with van der Waals surface area (Å²) in [6.07, 6.45) is 4.36. The number of para-hydroxylation sites is 1. The van der Waals surface area contributed by atoms with E-state index >= 15 is 0 Å². The van der Waals surface area contributed by atoms with Crippen LogP contribution in [0.4, 0.5) is 5.69 Å². The van der Waals surface area contributed by atoms with Gasteiger partial charge in [0, 0.05) is 58.5 Å². The highest BCUT2D eigenvalue weighted by atomic mass is 16.7. The van der Waals surface area contributed by atoms with Crippen molar-refractivity contribution in [3.8, 4) is 0 Å². The molecule has 1 aromatic rings. The van der Waals surface area contributed by atoms with Crippen LogP contribution in [-0.4, -0.2) is 144 Å². The number of rotatable bonds is 7. The molecule has 3 N–H and O–H groups in total. The number of piperidine rings is 1. The van der Waals surface area contributed by atoms with E-state index in [1.54, 1.807) is 41.1 Å². The molecule has 5 aliphatic heterocycles. The Morgan fingerprint density at radius 1 is 0.808 bits per heavy atom. The summed E-state index contributed by atoms with van der Waals surface area (Å²) in [6, 6.07) is 8.56. The van der Waals surface area contributed by atoms with Gasteiger partial charge in [-0.3, -0.25) is 29.1 Å². The summed E-state index contributed by atoms with van der Waals surface area (Å²) in [5.74, 6) is -8.21. The van der Waals surface area contributed by atoms with Crippen LogP contribution in [0.2, 0.25) is 0 Å². The molecule has 2 unspecified atom stereocenters. The first kappa shape index (κ1) is 58.4. The molecular formula is C57H86N2O14. The van der Waals surface area contributed by atoms with Gasteiger partial charge in [-0.2, -0.15) is 0 Å². The number of hydrogen-bond acceptors (Lipinski definition) is 15. The molecule has 408 valence electrons. The molecule has 1 amide bonds. The van der Waals surface area contributed by atoms with Gasteiger partial charge >= 0.3 is 5.97 Å². The summed E-state index contributed by atoms with van der Waals surface area (Å²) in [6.45, 7) is 12.9. The summed E-state index contributed by atoms with van der Waals surface area (Å²) in [5.41, 5.74) is 2.11. The third kappa shape index (κ3) is 14.1. The molecule has 16 nitrogen and oxygen atoms in total. The quantitative estimate of drug-likeness (QED) is 0.142. The van der Waals surface area contributed by atoms with Crippen LogP contribution in [0.25, 0.3) is 0 Å². The zero-order valence-corrected chi connectivity index (χ0v) is 45.1. The first-order chi connectivity index (χ1) is 34.7. The third-order valence-electron chi connectivity index (χ3n) is 16.9. The van der Waals surface area contributed by atoms with Gasteiger partial charge in [0.25, 0.3) is 11.7 Å². The monoisotopic (exact) mass is 1020 g/mol. The van der Waals surface area contributed by atoms with Crippen molar-refractivity contribution in [2.45, 2.75) is 205 Å². The number of hydroxylamine groups is 1. The lowest BCUT2D eigenvalue weighted by atomic mass is 9.78. The van der Waals surface area contributed by atoms with Crippen molar-refractivity contribution in [1.82, 2.24) is 4.90 Å². The molecule has 0 spiro atoms. The van der Waals surface area contributed by atoms with Crippen molar-refractivity contribution in [2.24, 2.45) is 35.5 Å². The van der Waals surface area contributed by atoms with Crippen LogP contribution in [0.3, 0.4) is 0 Å². The molecule has 0 aromatic heterocycles. The zero-order valence-electron chi connectivity index (χ0n) is 45.1. The second kappa shape index (κ2) is 26.3. The molecule has 16 heteroatoms. The van der Waals surface area contributed by atoms with Crippen LogP contribution in [0.15, 0.2) is 53.6 Å². The molecular weight excluding hydrogens is 937 g/mol. The molecule has 6 aliphatic rings. The first-order valence-corrected chi connectivity index (χ1v) is 27.1. The zero-order chi connectivity index (χ0) is 53.3. The fourth-order valence-electron chi connectivity index (χ4n) is 12.1. The Bertz CT molecular complexity index is 2100. The van der Waals surface area contributed by atoms with E-state index < -0.39 is 83.9 Å². The number of ether oxygens (including phenoxy) is 5. The van der Waals surface area contributed by atoms with E-state index in [1.807, 2.05) is 62.2 Å². The van der Waals surface area contributed by atoms with Gasteiger partial charge in [-0.15, -0.1) is 0 Å². The molecule has 1 aromatic carbocycles. The molecule has 3 saturated heterocycles. The van der Waals surface area contributed by atoms with Gasteiger partial charge in [0.15, 0.2) is 5.78 Å². The molecule has 1 saturated carbocycles. The van der Waals surface area contributed by atoms with Crippen molar-refractivity contribution < 1.29 is 67.8 Å². The molecule has 7 rings (SSSR count). The second-order valence-electron chi connectivity index (χ2n) is 22.3. The van der Waals surface area contributed by atoms with E-state index in [0.717, 1.165) is 17.7 Å². The SMILES string of the molecule is CO[C@H]1C[C@@H]2CC[C@@H](C)[C@@](O)(O2)C(=O)C(=O)N2CCCCC2C(=O)O[C@H]([C@H](C)C[C@@H]2CC[C@@H](O)[C@H](OC)C2)CC(=O)[C@H](C)/C=C(\C)[C@@H](O)[C@@H](OC)C(=O)[C@H](C)C[C@H](C)C2CC[C@H](C=C1C)ON2c1ccccc1. The maximum atomic E-state index is 14.5. The predicted octanol–water partition coefficient (Wildman–Crippen LogP) is 7.04. The summed E-state index contributed by atoms with van der Waals surface area (Å²) in [7, 11) is 4.56. The number of carbonyl (C=O) groups is 5. The predicted molar refractivity (Wildman–Crippen MR) is 274 cm³/mol. The minimum Gasteiger partial charge on any atom is -0.460 e. The summed E-state index contributed by atoms with van der Waals surface area (Å²) >= 11 is 0. The van der Waals surface area contributed by atoms with Crippen LogP contribution in [0.5, 0.6) is 0 Å². The number of aliphatic hydroxyl groups is 3. The van der Waals surface area contributed by atoms with Crippen LogP contribution in [0.1, 0.15) is 138 Å². The minimum absolute atomic E-state index is 0.0349.